The number of anilines is 1. The van der Waals surface area contributed by atoms with E-state index in [2.05, 4.69) is 10.3 Å². The second kappa shape index (κ2) is 8.47. The Morgan fingerprint density at radius 2 is 1.71 bits per heavy atom. The molecule has 0 spiro atoms. The van der Waals surface area contributed by atoms with E-state index in [-0.39, 0.29) is 22.4 Å². The van der Waals surface area contributed by atoms with Crippen molar-refractivity contribution in [3.05, 3.63) is 105 Å². The zero-order chi connectivity index (χ0) is 23.8. The highest BCUT2D eigenvalue weighted by atomic mass is 16.2. The van der Waals surface area contributed by atoms with E-state index in [0.717, 1.165) is 15.8 Å². The second-order valence-corrected chi connectivity index (χ2v) is 8.31. The van der Waals surface area contributed by atoms with E-state index in [1.165, 1.54) is 18.2 Å². The lowest BCUT2D eigenvalue weighted by Gasteiger charge is -2.18. The van der Waals surface area contributed by atoms with Crippen molar-refractivity contribution in [1.29, 1.82) is 0 Å². The Balaban J connectivity index is 1.39. The second-order valence-electron chi connectivity index (χ2n) is 8.31. The summed E-state index contributed by atoms with van der Waals surface area (Å²) in [7, 11) is 0. The average molecular weight is 454 g/mol. The maximum atomic E-state index is 12.9. The number of hydrogen-bond donors (Lipinski definition) is 2. The topological polar surface area (TPSA) is 104 Å². The third kappa shape index (κ3) is 3.79. The predicted octanol–water partition coefficient (Wildman–Crippen LogP) is 2.52. The van der Waals surface area contributed by atoms with Crippen LogP contribution in [-0.4, -0.2) is 34.0 Å². The normalized spacial score (nSPS) is 15.6. The minimum Gasteiger partial charge on any atom is -0.340 e. The van der Waals surface area contributed by atoms with Crippen LogP contribution in [0.1, 0.15) is 22.3 Å². The minimum atomic E-state index is -0.645. The molecule has 1 atom stereocenters. The molecule has 1 aliphatic rings. The molecule has 34 heavy (non-hydrogen) atoms. The van der Waals surface area contributed by atoms with Crippen molar-refractivity contribution in [2.75, 3.05) is 11.4 Å². The number of aryl methyl sites for hydroxylation is 1. The highest BCUT2D eigenvalue weighted by Crippen LogP contribution is 2.23. The van der Waals surface area contributed by atoms with Crippen LogP contribution in [-0.2, 0) is 4.79 Å². The highest BCUT2D eigenvalue weighted by molar-refractivity contribution is 6.04. The van der Waals surface area contributed by atoms with E-state index in [9.17, 15) is 19.2 Å². The summed E-state index contributed by atoms with van der Waals surface area (Å²) in [6, 6.07) is 20.1. The lowest BCUT2D eigenvalue weighted by Crippen LogP contribution is -2.41. The van der Waals surface area contributed by atoms with Gasteiger partial charge in [0.15, 0.2) is 0 Å². The van der Waals surface area contributed by atoms with E-state index in [1.54, 1.807) is 35.2 Å². The monoisotopic (exact) mass is 454 g/mol. The third-order valence-corrected chi connectivity index (χ3v) is 6.00. The summed E-state index contributed by atoms with van der Waals surface area (Å²) in [4.78, 5) is 55.7. The first-order chi connectivity index (χ1) is 16.4. The van der Waals surface area contributed by atoms with Gasteiger partial charge in [0.25, 0.3) is 11.5 Å². The number of carbonyl (C=O) groups is 2. The summed E-state index contributed by atoms with van der Waals surface area (Å²) < 4.78 is 1.05. The third-order valence-electron chi connectivity index (χ3n) is 6.00. The van der Waals surface area contributed by atoms with Crippen molar-refractivity contribution in [2.45, 2.75) is 19.4 Å². The number of benzene rings is 3. The summed E-state index contributed by atoms with van der Waals surface area (Å²) in [6.07, 6.45) is 0.491. The molecule has 0 saturated carbocycles. The van der Waals surface area contributed by atoms with Gasteiger partial charge in [-0.15, -0.1) is 0 Å². The molecule has 0 aliphatic carbocycles. The Kier molecular flexibility index (Phi) is 5.33. The largest absolute Gasteiger partial charge is 0.340 e. The molecule has 1 aromatic heterocycles. The number of aromatic nitrogens is 2. The van der Waals surface area contributed by atoms with Crippen molar-refractivity contribution in [3.8, 4) is 5.69 Å². The number of rotatable bonds is 4. The first-order valence-electron chi connectivity index (χ1n) is 11.0. The molecule has 1 saturated heterocycles. The van der Waals surface area contributed by atoms with Crippen molar-refractivity contribution in [3.63, 3.8) is 0 Å². The molecular weight excluding hydrogens is 432 g/mol. The molecular formula is C26H22N4O4. The smallest absolute Gasteiger partial charge is 0.333 e. The van der Waals surface area contributed by atoms with Crippen LogP contribution in [0, 0.1) is 6.92 Å². The number of nitrogens with zero attached hydrogens (tertiary/aromatic N) is 2. The quantitative estimate of drug-likeness (QED) is 0.494. The van der Waals surface area contributed by atoms with Crippen LogP contribution in [0.3, 0.4) is 0 Å². The molecule has 8 nitrogen and oxygen atoms in total. The van der Waals surface area contributed by atoms with Crippen LogP contribution in [0.25, 0.3) is 16.6 Å². The number of para-hydroxylation sites is 1. The summed E-state index contributed by atoms with van der Waals surface area (Å²) in [5.74, 6) is -0.613. The fraction of sp³-hybridized carbons (Fsp3) is 0.154. The van der Waals surface area contributed by atoms with Crippen LogP contribution in [0.2, 0.25) is 0 Å². The molecule has 3 aromatic carbocycles. The Morgan fingerprint density at radius 1 is 0.941 bits per heavy atom. The maximum absolute atomic E-state index is 12.9. The van der Waals surface area contributed by atoms with Gasteiger partial charge in [-0.1, -0.05) is 30.3 Å². The van der Waals surface area contributed by atoms with Gasteiger partial charge in [0, 0.05) is 17.8 Å². The molecule has 2 heterocycles. The summed E-state index contributed by atoms with van der Waals surface area (Å²) in [5, 5.41) is 3.07. The standard InChI is InChI=1S/C26H22N4O4/c1-16-6-5-9-19(14-16)29-13-12-21(25(29)33)27-23(31)17-10-11-20-22(15-17)28-26(34)30(24(20)32)18-7-3-2-4-8-18/h2-11,14-15,21H,12-13H2,1H3,(H,27,31)(H,28,34). The van der Waals surface area contributed by atoms with Gasteiger partial charge in [-0.3, -0.25) is 14.4 Å². The van der Waals surface area contributed by atoms with Gasteiger partial charge in [0.1, 0.15) is 6.04 Å². The number of fused-ring (bicyclic) bond motifs is 1. The lowest BCUT2D eigenvalue weighted by molar-refractivity contribution is -0.118. The average Bonchev–Trinajstić information content (AvgIpc) is 3.19. The molecule has 4 aromatic rings. The van der Waals surface area contributed by atoms with Gasteiger partial charge in [-0.05, 0) is 61.4 Å². The summed E-state index contributed by atoms with van der Waals surface area (Å²) in [5.41, 5.74) is 1.75. The SMILES string of the molecule is Cc1cccc(N2CCC(NC(=O)c3ccc4c(=O)n(-c5ccccc5)c(=O)[nH]c4c3)C2=O)c1. The summed E-state index contributed by atoms with van der Waals surface area (Å²) in [6.45, 7) is 2.47. The Bertz CT molecular complexity index is 1540. The first-order valence-corrected chi connectivity index (χ1v) is 11.0. The van der Waals surface area contributed by atoms with Gasteiger partial charge in [-0.2, -0.15) is 0 Å². The number of carbonyl (C=O) groups excluding carboxylic acids is 2. The van der Waals surface area contributed by atoms with Gasteiger partial charge < -0.3 is 15.2 Å². The first kappa shape index (κ1) is 21.4. The highest BCUT2D eigenvalue weighted by Gasteiger charge is 2.33. The van der Waals surface area contributed by atoms with Crippen LogP contribution in [0.15, 0.2) is 82.4 Å². The number of aromatic amines is 1. The predicted molar refractivity (Wildman–Crippen MR) is 130 cm³/mol. The van der Waals surface area contributed by atoms with Gasteiger partial charge in [0.2, 0.25) is 5.91 Å². The Morgan fingerprint density at radius 3 is 2.47 bits per heavy atom. The minimum absolute atomic E-state index is 0.168. The number of H-pyrrole nitrogens is 1. The number of nitrogens with one attached hydrogen (secondary N) is 2. The van der Waals surface area contributed by atoms with Crippen LogP contribution in [0.4, 0.5) is 5.69 Å². The van der Waals surface area contributed by atoms with E-state index < -0.39 is 23.2 Å². The molecule has 0 bridgehead atoms. The van der Waals surface area contributed by atoms with Crippen LogP contribution in [0.5, 0.6) is 0 Å². The number of hydrogen-bond acceptors (Lipinski definition) is 4. The fourth-order valence-electron chi connectivity index (χ4n) is 4.28. The van der Waals surface area contributed by atoms with E-state index in [0.29, 0.717) is 18.7 Å². The van der Waals surface area contributed by atoms with Gasteiger partial charge >= 0.3 is 5.69 Å². The summed E-state index contributed by atoms with van der Waals surface area (Å²) >= 11 is 0. The number of amides is 2. The van der Waals surface area contributed by atoms with Crippen LogP contribution >= 0.6 is 0 Å². The molecule has 2 amide bonds. The Hall–Kier alpha value is -4.46. The molecule has 5 rings (SSSR count). The molecule has 8 heteroatoms. The molecule has 170 valence electrons. The molecule has 0 radical (unpaired) electrons. The van der Waals surface area contributed by atoms with Crippen molar-refractivity contribution >= 4 is 28.4 Å². The lowest BCUT2D eigenvalue weighted by atomic mass is 10.1. The van der Waals surface area contributed by atoms with E-state index in [4.69, 9.17) is 0 Å². The van der Waals surface area contributed by atoms with Gasteiger partial charge in [0.05, 0.1) is 16.6 Å². The molecule has 1 fully saturated rings. The van der Waals surface area contributed by atoms with E-state index in [1.807, 2.05) is 31.2 Å². The Labute approximate surface area is 194 Å². The zero-order valence-corrected chi connectivity index (χ0v) is 18.4. The van der Waals surface area contributed by atoms with Crippen molar-refractivity contribution in [1.82, 2.24) is 14.9 Å². The van der Waals surface area contributed by atoms with E-state index >= 15 is 0 Å². The fourth-order valence-corrected chi connectivity index (χ4v) is 4.28. The van der Waals surface area contributed by atoms with Crippen LogP contribution < -0.4 is 21.5 Å². The molecule has 1 aliphatic heterocycles. The van der Waals surface area contributed by atoms with Gasteiger partial charge in [-0.25, -0.2) is 9.36 Å². The maximum Gasteiger partial charge on any atom is 0.333 e. The van der Waals surface area contributed by atoms with Crippen molar-refractivity contribution in [2.24, 2.45) is 0 Å². The molecule has 1 unspecified atom stereocenters. The molecule has 2 N–H and O–H groups in total. The zero-order valence-electron chi connectivity index (χ0n) is 18.4. The van der Waals surface area contributed by atoms with Crippen molar-refractivity contribution < 1.29 is 9.59 Å².